The maximum absolute atomic E-state index is 12.0. The molecule has 0 aliphatic heterocycles. The summed E-state index contributed by atoms with van der Waals surface area (Å²) in [5, 5.41) is 0. The Balaban J connectivity index is 2.78. The van der Waals surface area contributed by atoms with Crippen LogP contribution in [-0.2, 0) is 9.53 Å². The predicted molar refractivity (Wildman–Crippen MR) is 66.8 cm³/mol. The highest BCUT2D eigenvalue weighted by Gasteiger charge is 2.31. The van der Waals surface area contributed by atoms with Crippen molar-refractivity contribution >= 4 is 12.2 Å². The van der Waals surface area contributed by atoms with Gasteiger partial charge in [0.25, 0.3) is 0 Å². The molecule has 1 aromatic rings. The second kappa shape index (κ2) is 5.94. The van der Waals surface area contributed by atoms with Crippen LogP contribution in [0.5, 0.6) is 5.75 Å². The Labute approximate surface area is 114 Å². The number of aliphatic imine (C=N–C) groups is 1. The van der Waals surface area contributed by atoms with Crippen LogP contribution in [0.3, 0.4) is 0 Å². The molecule has 7 heteroatoms. The number of esters is 1. The van der Waals surface area contributed by atoms with E-state index in [9.17, 15) is 18.0 Å². The van der Waals surface area contributed by atoms with Crippen molar-refractivity contribution in [1.82, 2.24) is 0 Å². The van der Waals surface area contributed by atoms with Crippen LogP contribution in [0, 0.1) is 0 Å². The number of hydrogen-bond acceptors (Lipinski definition) is 4. The summed E-state index contributed by atoms with van der Waals surface area (Å²) in [7, 11) is 1.25. The lowest BCUT2D eigenvalue weighted by molar-refractivity contribution is -0.274. The van der Waals surface area contributed by atoms with Gasteiger partial charge < -0.3 is 9.47 Å². The van der Waals surface area contributed by atoms with Gasteiger partial charge in [0, 0.05) is 6.21 Å². The number of carbonyl (C=O) groups excluding carboxylic acids is 1. The van der Waals surface area contributed by atoms with Gasteiger partial charge in [0.05, 0.1) is 7.11 Å². The number of alkyl halides is 3. The third-order valence-electron chi connectivity index (χ3n) is 2.33. The van der Waals surface area contributed by atoms with Gasteiger partial charge in [-0.2, -0.15) is 0 Å². The molecule has 0 aliphatic carbocycles. The summed E-state index contributed by atoms with van der Waals surface area (Å²) in [4.78, 5) is 15.4. The number of hydrogen-bond donors (Lipinski definition) is 0. The zero-order valence-corrected chi connectivity index (χ0v) is 11.2. The van der Waals surface area contributed by atoms with E-state index in [1.807, 2.05) is 0 Å². The Morgan fingerprint density at radius 3 is 2.20 bits per heavy atom. The summed E-state index contributed by atoms with van der Waals surface area (Å²) in [5.74, 6) is -0.826. The molecule has 0 N–H and O–H groups in total. The SMILES string of the molecule is COC(=O)C(C)(C)N=Cc1ccc(OC(F)(F)F)cc1. The molecule has 0 amide bonds. The summed E-state index contributed by atoms with van der Waals surface area (Å²) < 4.78 is 44.2. The van der Waals surface area contributed by atoms with Gasteiger partial charge in [-0.25, -0.2) is 4.79 Å². The van der Waals surface area contributed by atoms with Crippen LogP contribution in [0.25, 0.3) is 0 Å². The smallest absolute Gasteiger partial charge is 0.467 e. The molecule has 1 aromatic carbocycles. The Hall–Kier alpha value is -2.05. The average Bonchev–Trinajstić information content (AvgIpc) is 2.35. The summed E-state index contributed by atoms with van der Waals surface area (Å²) in [6.07, 6.45) is -3.34. The first-order valence-corrected chi connectivity index (χ1v) is 5.63. The second-order valence-electron chi connectivity index (χ2n) is 4.43. The molecular weight excluding hydrogens is 275 g/mol. The van der Waals surface area contributed by atoms with Crippen LogP contribution in [0.15, 0.2) is 29.3 Å². The monoisotopic (exact) mass is 289 g/mol. The summed E-state index contributed by atoms with van der Waals surface area (Å²) in [6, 6.07) is 5.13. The van der Waals surface area contributed by atoms with E-state index in [4.69, 9.17) is 0 Å². The number of halogens is 3. The molecule has 0 heterocycles. The van der Waals surface area contributed by atoms with Crippen molar-refractivity contribution in [2.45, 2.75) is 25.7 Å². The quantitative estimate of drug-likeness (QED) is 0.632. The highest BCUT2D eigenvalue weighted by Crippen LogP contribution is 2.22. The van der Waals surface area contributed by atoms with E-state index >= 15 is 0 Å². The third kappa shape index (κ3) is 4.91. The number of carbonyl (C=O) groups is 1. The largest absolute Gasteiger partial charge is 0.573 e. The fourth-order valence-electron chi connectivity index (χ4n) is 1.29. The van der Waals surface area contributed by atoms with E-state index in [-0.39, 0.29) is 5.75 Å². The van der Waals surface area contributed by atoms with Gasteiger partial charge in [0.1, 0.15) is 5.75 Å². The Kier molecular flexibility index (Phi) is 4.75. The Morgan fingerprint density at radius 2 is 1.75 bits per heavy atom. The first-order chi connectivity index (χ1) is 9.14. The number of rotatable bonds is 4. The first kappa shape index (κ1) is 16.0. The zero-order chi connectivity index (χ0) is 15.4. The van der Waals surface area contributed by atoms with Crippen LogP contribution in [-0.4, -0.2) is 31.2 Å². The second-order valence-corrected chi connectivity index (χ2v) is 4.43. The van der Waals surface area contributed by atoms with Gasteiger partial charge in [-0.1, -0.05) is 0 Å². The van der Waals surface area contributed by atoms with Gasteiger partial charge in [-0.05, 0) is 43.7 Å². The van der Waals surface area contributed by atoms with Gasteiger partial charge in [-0.3, -0.25) is 4.99 Å². The minimum atomic E-state index is -4.72. The molecule has 110 valence electrons. The molecule has 0 spiro atoms. The van der Waals surface area contributed by atoms with E-state index < -0.39 is 17.9 Å². The van der Waals surface area contributed by atoms with E-state index in [2.05, 4.69) is 14.5 Å². The van der Waals surface area contributed by atoms with Gasteiger partial charge in [-0.15, -0.1) is 13.2 Å². The summed E-state index contributed by atoms with van der Waals surface area (Å²) >= 11 is 0. The van der Waals surface area contributed by atoms with Crippen molar-refractivity contribution in [2.75, 3.05) is 7.11 Å². The van der Waals surface area contributed by atoms with Crippen molar-refractivity contribution in [3.63, 3.8) is 0 Å². The van der Waals surface area contributed by atoms with Gasteiger partial charge in [0.15, 0.2) is 5.54 Å². The van der Waals surface area contributed by atoms with Crippen LogP contribution in [0.1, 0.15) is 19.4 Å². The minimum absolute atomic E-state index is 0.318. The molecule has 0 saturated heterocycles. The minimum Gasteiger partial charge on any atom is -0.467 e. The van der Waals surface area contributed by atoms with Gasteiger partial charge in [0.2, 0.25) is 0 Å². The van der Waals surface area contributed by atoms with Gasteiger partial charge >= 0.3 is 12.3 Å². The van der Waals surface area contributed by atoms with E-state index in [1.165, 1.54) is 37.6 Å². The summed E-state index contributed by atoms with van der Waals surface area (Å²) in [5.41, 5.74) is -0.521. The van der Waals surface area contributed by atoms with E-state index in [0.717, 1.165) is 0 Å². The lowest BCUT2D eigenvalue weighted by Gasteiger charge is -2.15. The van der Waals surface area contributed by atoms with Crippen molar-refractivity contribution < 1.29 is 27.4 Å². The third-order valence-corrected chi connectivity index (χ3v) is 2.33. The van der Waals surface area contributed by atoms with E-state index in [0.29, 0.717) is 5.56 Å². The molecular formula is C13H14F3NO3. The molecule has 0 fully saturated rings. The first-order valence-electron chi connectivity index (χ1n) is 5.63. The molecule has 0 aliphatic rings. The van der Waals surface area contributed by atoms with Crippen LogP contribution < -0.4 is 4.74 Å². The normalized spacial score (nSPS) is 12.5. The topological polar surface area (TPSA) is 47.9 Å². The highest BCUT2D eigenvalue weighted by atomic mass is 19.4. The van der Waals surface area contributed by atoms with Crippen molar-refractivity contribution in [1.29, 1.82) is 0 Å². The number of benzene rings is 1. The standard InChI is InChI=1S/C13H14F3NO3/c1-12(2,11(18)19-3)17-8-9-4-6-10(7-5-9)20-13(14,15)16/h4-8H,1-3H3. The zero-order valence-electron chi connectivity index (χ0n) is 11.2. The predicted octanol–water partition coefficient (Wildman–Crippen LogP) is 2.96. The van der Waals surface area contributed by atoms with Crippen LogP contribution >= 0.6 is 0 Å². The van der Waals surface area contributed by atoms with Crippen LogP contribution in [0.4, 0.5) is 13.2 Å². The maximum Gasteiger partial charge on any atom is 0.573 e. The molecule has 0 aromatic heterocycles. The molecule has 1 rings (SSSR count). The molecule has 0 radical (unpaired) electrons. The Morgan fingerprint density at radius 1 is 1.20 bits per heavy atom. The molecule has 4 nitrogen and oxygen atoms in total. The molecule has 0 saturated carbocycles. The maximum atomic E-state index is 12.0. The fourth-order valence-corrected chi connectivity index (χ4v) is 1.29. The van der Waals surface area contributed by atoms with Crippen molar-refractivity contribution in [3.05, 3.63) is 29.8 Å². The lowest BCUT2D eigenvalue weighted by Crippen LogP contribution is -2.30. The molecule has 0 atom stereocenters. The molecule has 0 bridgehead atoms. The number of nitrogens with zero attached hydrogens (tertiary/aromatic N) is 1. The van der Waals surface area contributed by atoms with Crippen molar-refractivity contribution in [3.8, 4) is 5.75 Å². The van der Waals surface area contributed by atoms with Crippen LogP contribution in [0.2, 0.25) is 0 Å². The lowest BCUT2D eigenvalue weighted by atomic mass is 10.1. The molecule has 0 unspecified atom stereocenters. The summed E-state index contributed by atoms with van der Waals surface area (Å²) in [6.45, 7) is 3.13. The van der Waals surface area contributed by atoms with Crippen molar-refractivity contribution in [2.24, 2.45) is 4.99 Å². The average molecular weight is 289 g/mol. The fraction of sp³-hybridized carbons (Fsp3) is 0.385. The number of methoxy groups -OCH3 is 1. The number of ether oxygens (including phenoxy) is 2. The van der Waals surface area contributed by atoms with E-state index in [1.54, 1.807) is 13.8 Å². The Bertz CT molecular complexity index is 493. The highest BCUT2D eigenvalue weighted by molar-refractivity contribution is 5.86. The molecule has 20 heavy (non-hydrogen) atoms.